The van der Waals surface area contributed by atoms with Crippen molar-refractivity contribution in [2.75, 3.05) is 26.2 Å². The van der Waals surface area contributed by atoms with Crippen molar-refractivity contribution < 1.29 is 9.59 Å². The average Bonchev–Trinajstić information content (AvgIpc) is 3.08. The van der Waals surface area contributed by atoms with Crippen LogP contribution in [0.15, 0.2) is 66.7 Å². The van der Waals surface area contributed by atoms with E-state index in [-0.39, 0.29) is 24.5 Å². The van der Waals surface area contributed by atoms with Gasteiger partial charge in [0.15, 0.2) is 5.78 Å². The highest BCUT2D eigenvalue weighted by molar-refractivity contribution is 6.01. The van der Waals surface area contributed by atoms with Gasteiger partial charge < -0.3 is 4.90 Å². The van der Waals surface area contributed by atoms with Crippen LogP contribution in [-0.2, 0) is 11.3 Å². The van der Waals surface area contributed by atoms with E-state index in [1.807, 2.05) is 71.6 Å². The number of nitriles is 1. The number of fused-ring (bicyclic) bond motifs is 1. The van der Waals surface area contributed by atoms with Crippen LogP contribution in [0.2, 0.25) is 0 Å². The second kappa shape index (κ2) is 10.2. The van der Waals surface area contributed by atoms with Crippen molar-refractivity contribution in [3.8, 4) is 6.07 Å². The summed E-state index contributed by atoms with van der Waals surface area (Å²) in [6, 6.07) is 23.5. The minimum Gasteiger partial charge on any atom is -0.341 e. The van der Waals surface area contributed by atoms with Gasteiger partial charge in [0, 0.05) is 51.1 Å². The van der Waals surface area contributed by atoms with Crippen molar-refractivity contribution >= 4 is 22.5 Å². The highest BCUT2D eigenvalue weighted by Gasteiger charge is 2.20. The van der Waals surface area contributed by atoms with Gasteiger partial charge in [0.2, 0.25) is 5.91 Å². The number of hydrogen-bond donors (Lipinski definition) is 0. The number of Topliss-reactive ketones (excluding diaryl/α,β-unsaturated/α-hetero) is 1. The Morgan fingerprint density at radius 3 is 2.41 bits per heavy atom. The predicted octanol–water partition coefficient (Wildman–Crippen LogP) is 4.41. The SMILES string of the molecule is N#Cc1ccc(CN2CCCN(C(=O)CCC(=O)c3ccc4ccccc4c3)CC2)cc1. The number of carbonyl (C=O) groups excluding carboxylic acids is 2. The van der Waals surface area contributed by atoms with Gasteiger partial charge in [0.25, 0.3) is 0 Å². The molecule has 1 aliphatic heterocycles. The molecule has 0 spiro atoms. The van der Waals surface area contributed by atoms with Gasteiger partial charge >= 0.3 is 0 Å². The summed E-state index contributed by atoms with van der Waals surface area (Å²) in [6.45, 7) is 3.96. The molecule has 0 bridgehead atoms. The third kappa shape index (κ3) is 5.40. The van der Waals surface area contributed by atoms with E-state index in [9.17, 15) is 9.59 Å². The topological polar surface area (TPSA) is 64.4 Å². The van der Waals surface area contributed by atoms with Gasteiger partial charge in [-0.25, -0.2) is 0 Å². The van der Waals surface area contributed by atoms with E-state index < -0.39 is 0 Å². The standard InChI is InChI=1S/C27H27N3O2/c28-19-21-6-8-22(9-7-21)20-29-14-3-15-30(17-16-29)27(32)13-12-26(31)25-11-10-23-4-1-2-5-24(23)18-25/h1-2,4-11,18H,3,12-17,20H2. The lowest BCUT2D eigenvalue weighted by molar-refractivity contribution is -0.131. The maximum Gasteiger partial charge on any atom is 0.223 e. The summed E-state index contributed by atoms with van der Waals surface area (Å²) in [7, 11) is 0. The molecule has 0 aliphatic carbocycles. The molecule has 1 fully saturated rings. The fourth-order valence-electron chi connectivity index (χ4n) is 4.21. The fourth-order valence-corrected chi connectivity index (χ4v) is 4.21. The zero-order valence-corrected chi connectivity index (χ0v) is 18.2. The summed E-state index contributed by atoms with van der Waals surface area (Å²) in [5, 5.41) is 11.1. The number of rotatable bonds is 6. The summed E-state index contributed by atoms with van der Waals surface area (Å²) >= 11 is 0. The van der Waals surface area contributed by atoms with Crippen LogP contribution in [0.1, 0.15) is 40.7 Å². The molecule has 0 unspecified atom stereocenters. The van der Waals surface area contributed by atoms with E-state index in [4.69, 9.17) is 5.26 Å². The Morgan fingerprint density at radius 2 is 1.62 bits per heavy atom. The van der Waals surface area contributed by atoms with Gasteiger partial charge in [-0.1, -0.05) is 48.5 Å². The summed E-state index contributed by atoms with van der Waals surface area (Å²) in [6.07, 6.45) is 1.41. The van der Waals surface area contributed by atoms with Crippen LogP contribution in [0.25, 0.3) is 10.8 Å². The molecule has 3 aromatic carbocycles. The number of benzene rings is 3. The Hall–Kier alpha value is -3.49. The minimum absolute atomic E-state index is 0.0152. The third-order valence-corrected chi connectivity index (χ3v) is 6.07. The van der Waals surface area contributed by atoms with Gasteiger partial charge in [-0.05, 0) is 41.0 Å². The number of hydrogen-bond acceptors (Lipinski definition) is 4. The van der Waals surface area contributed by atoms with Gasteiger partial charge in [0.1, 0.15) is 0 Å². The molecule has 5 nitrogen and oxygen atoms in total. The molecule has 0 aromatic heterocycles. The molecule has 4 rings (SSSR count). The van der Waals surface area contributed by atoms with Crippen LogP contribution in [0, 0.1) is 11.3 Å². The van der Waals surface area contributed by atoms with Crippen LogP contribution in [0.3, 0.4) is 0 Å². The van der Waals surface area contributed by atoms with Gasteiger partial charge in [0.05, 0.1) is 11.6 Å². The maximum atomic E-state index is 12.8. The van der Waals surface area contributed by atoms with E-state index in [1.54, 1.807) is 0 Å². The van der Waals surface area contributed by atoms with E-state index in [0.717, 1.165) is 43.4 Å². The molecule has 32 heavy (non-hydrogen) atoms. The third-order valence-electron chi connectivity index (χ3n) is 6.07. The molecule has 0 radical (unpaired) electrons. The van der Waals surface area contributed by atoms with Crippen molar-refractivity contribution in [1.29, 1.82) is 5.26 Å². The van der Waals surface area contributed by atoms with Crippen LogP contribution >= 0.6 is 0 Å². The number of nitrogens with zero attached hydrogens (tertiary/aromatic N) is 3. The average molecular weight is 426 g/mol. The van der Waals surface area contributed by atoms with E-state index in [1.165, 1.54) is 5.56 Å². The summed E-state index contributed by atoms with van der Waals surface area (Å²) in [4.78, 5) is 29.6. The molecule has 5 heteroatoms. The monoisotopic (exact) mass is 425 g/mol. The first-order valence-corrected chi connectivity index (χ1v) is 11.1. The van der Waals surface area contributed by atoms with Gasteiger partial charge in [-0.15, -0.1) is 0 Å². The molecule has 3 aromatic rings. The van der Waals surface area contributed by atoms with Gasteiger partial charge in [-0.2, -0.15) is 5.26 Å². The highest BCUT2D eigenvalue weighted by Crippen LogP contribution is 2.18. The molecular weight excluding hydrogens is 398 g/mol. The molecule has 0 atom stereocenters. The van der Waals surface area contributed by atoms with Crippen molar-refractivity contribution in [3.63, 3.8) is 0 Å². The molecule has 0 N–H and O–H groups in total. The zero-order valence-electron chi connectivity index (χ0n) is 18.2. The van der Waals surface area contributed by atoms with Crippen molar-refractivity contribution in [2.24, 2.45) is 0 Å². The Labute approximate surface area is 188 Å². The van der Waals surface area contributed by atoms with Crippen LogP contribution in [-0.4, -0.2) is 47.7 Å². The van der Waals surface area contributed by atoms with E-state index in [2.05, 4.69) is 11.0 Å². The Kier molecular flexibility index (Phi) is 6.94. The largest absolute Gasteiger partial charge is 0.341 e. The van der Waals surface area contributed by atoms with Crippen molar-refractivity contribution in [2.45, 2.75) is 25.8 Å². The second-order valence-electron chi connectivity index (χ2n) is 8.30. The lowest BCUT2D eigenvalue weighted by atomic mass is 10.0. The number of amides is 1. The Bertz CT molecular complexity index is 1150. The molecule has 162 valence electrons. The van der Waals surface area contributed by atoms with Crippen molar-refractivity contribution in [1.82, 2.24) is 9.80 Å². The fraction of sp³-hybridized carbons (Fsp3) is 0.296. The minimum atomic E-state index is 0.0152. The van der Waals surface area contributed by atoms with Crippen LogP contribution < -0.4 is 0 Å². The molecule has 0 saturated carbocycles. The quantitative estimate of drug-likeness (QED) is 0.549. The molecular formula is C27H27N3O2. The number of ketones is 1. The smallest absolute Gasteiger partial charge is 0.223 e. The first-order chi connectivity index (χ1) is 15.6. The molecule has 1 saturated heterocycles. The van der Waals surface area contributed by atoms with E-state index in [0.29, 0.717) is 17.7 Å². The lowest BCUT2D eigenvalue weighted by Gasteiger charge is -2.22. The van der Waals surface area contributed by atoms with E-state index >= 15 is 0 Å². The highest BCUT2D eigenvalue weighted by atomic mass is 16.2. The van der Waals surface area contributed by atoms with Crippen LogP contribution in [0.5, 0.6) is 0 Å². The van der Waals surface area contributed by atoms with Gasteiger partial charge in [-0.3, -0.25) is 14.5 Å². The summed E-state index contributed by atoms with van der Waals surface area (Å²) in [5.74, 6) is 0.0701. The molecule has 1 heterocycles. The molecule has 1 aliphatic rings. The predicted molar refractivity (Wildman–Crippen MR) is 125 cm³/mol. The number of carbonyl (C=O) groups is 2. The summed E-state index contributed by atoms with van der Waals surface area (Å²) < 4.78 is 0. The molecule has 1 amide bonds. The maximum absolute atomic E-state index is 12.8. The Balaban J connectivity index is 1.27. The second-order valence-corrected chi connectivity index (χ2v) is 8.30. The first-order valence-electron chi connectivity index (χ1n) is 11.1. The zero-order chi connectivity index (χ0) is 22.3. The van der Waals surface area contributed by atoms with Crippen molar-refractivity contribution in [3.05, 3.63) is 83.4 Å². The lowest BCUT2D eigenvalue weighted by Crippen LogP contribution is -2.35. The normalized spacial score (nSPS) is 14.7. The van der Waals surface area contributed by atoms with Crippen LogP contribution in [0.4, 0.5) is 0 Å². The first kappa shape index (κ1) is 21.7. The Morgan fingerprint density at radius 1 is 0.844 bits per heavy atom. The summed E-state index contributed by atoms with van der Waals surface area (Å²) in [5.41, 5.74) is 2.50.